The van der Waals surface area contributed by atoms with Crippen LogP contribution in [0.2, 0.25) is 5.02 Å². The molecule has 0 unspecified atom stereocenters. The number of halogens is 1. The van der Waals surface area contributed by atoms with E-state index in [1.54, 1.807) is 18.3 Å². The maximum atomic E-state index is 10.6. The number of ether oxygens (including phenoxy) is 2. The molecule has 0 fully saturated rings. The van der Waals surface area contributed by atoms with Gasteiger partial charge in [-0.3, -0.25) is 4.99 Å². The van der Waals surface area contributed by atoms with Crippen molar-refractivity contribution in [3.8, 4) is 11.5 Å². The highest BCUT2D eigenvalue weighted by Crippen LogP contribution is 2.36. The zero-order valence-electron chi connectivity index (χ0n) is 13.7. The summed E-state index contributed by atoms with van der Waals surface area (Å²) >= 11 is 6.16. The van der Waals surface area contributed by atoms with Gasteiger partial charge in [-0.2, -0.15) is 0 Å². The monoisotopic (exact) mass is 347 g/mol. The Bertz CT molecular complexity index is 787. The molecule has 0 bridgehead atoms. The lowest BCUT2D eigenvalue weighted by atomic mass is 10.1. The zero-order valence-corrected chi connectivity index (χ0v) is 14.4. The summed E-state index contributed by atoms with van der Waals surface area (Å²) in [5, 5.41) is 8.97. The Balaban J connectivity index is 2.27. The van der Waals surface area contributed by atoms with Crippen LogP contribution in [0, 0.1) is 13.8 Å². The summed E-state index contributed by atoms with van der Waals surface area (Å²) in [6.45, 7) is 3.58. The van der Waals surface area contributed by atoms with E-state index < -0.39 is 12.6 Å². The SMILES string of the molecule is COc1cc(C=Nc2ccc(C)c(C)c2)cc(Cl)c1OCC(=O)O. The van der Waals surface area contributed by atoms with Gasteiger partial charge in [0.15, 0.2) is 18.1 Å². The minimum atomic E-state index is -1.09. The van der Waals surface area contributed by atoms with Gasteiger partial charge >= 0.3 is 5.97 Å². The molecule has 0 aliphatic heterocycles. The Hall–Kier alpha value is -2.53. The van der Waals surface area contributed by atoms with Crippen molar-refractivity contribution in [1.82, 2.24) is 0 Å². The van der Waals surface area contributed by atoms with Crippen LogP contribution in [0.25, 0.3) is 0 Å². The third-order valence-corrected chi connectivity index (χ3v) is 3.73. The average Bonchev–Trinajstić information content (AvgIpc) is 2.54. The Morgan fingerprint density at radius 2 is 2.00 bits per heavy atom. The second-order valence-electron chi connectivity index (χ2n) is 5.24. The van der Waals surface area contributed by atoms with Gasteiger partial charge in [0.2, 0.25) is 0 Å². The van der Waals surface area contributed by atoms with Crippen molar-refractivity contribution in [2.24, 2.45) is 4.99 Å². The largest absolute Gasteiger partial charge is 0.493 e. The number of aliphatic carboxylic acids is 1. The van der Waals surface area contributed by atoms with Crippen LogP contribution in [0.5, 0.6) is 11.5 Å². The molecule has 5 nitrogen and oxygen atoms in total. The maximum absolute atomic E-state index is 10.6. The van der Waals surface area contributed by atoms with E-state index in [4.69, 9.17) is 26.2 Å². The van der Waals surface area contributed by atoms with E-state index >= 15 is 0 Å². The van der Waals surface area contributed by atoms with Crippen molar-refractivity contribution in [2.75, 3.05) is 13.7 Å². The van der Waals surface area contributed by atoms with Crippen LogP contribution in [0.15, 0.2) is 35.3 Å². The molecule has 0 atom stereocenters. The molecule has 0 saturated heterocycles. The van der Waals surface area contributed by atoms with E-state index in [2.05, 4.69) is 4.99 Å². The number of nitrogens with zero attached hydrogens (tertiary/aromatic N) is 1. The van der Waals surface area contributed by atoms with Crippen LogP contribution in [-0.2, 0) is 4.79 Å². The second-order valence-corrected chi connectivity index (χ2v) is 5.65. The van der Waals surface area contributed by atoms with Crippen LogP contribution in [0.4, 0.5) is 5.69 Å². The van der Waals surface area contributed by atoms with Gasteiger partial charge in [-0.15, -0.1) is 0 Å². The van der Waals surface area contributed by atoms with Gasteiger partial charge in [-0.25, -0.2) is 4.79 Å². The van der Waals surface area contributed by atoms with E-state index in [1.165, 1.54) is 12.7 Å². The lowest BCUT2D eigenvalue weighted by Crippen LogP contribution is -2.10. The fourth-order valence-electron chi connectivity index (χ4n) is 2.04. The summed E-state index contributed by atoms with van der Waals surface area (Å²) in [4.78, 5) is 15.1. The topological polar surface area (TPSA) is 68.1 Å². The third kappa shape index (κ3) is 4.49. The normalized spacial score (nSPS) is 10.8. The number of hydrogen-bond acceptors (Lipinski definition) is 4. The maximum Gasteiger partial charge on any atom is 0.341 e. The van der Waals surface area contributed by atoms with Crippen LogP contribution < -0.4 is 9.47 Å². The molecule has 2 aromatic rings. The van der Waals surface area contributed by atoms with E-state index in [0.29, 0.717) is 5.75 Å². The highest BCUT2D eigenvalue weighted by Gasteiger charge is 2.13. The van der Waals surface area contributed by atoms with Crippen LogP contribution in [0.1, 0.15) is 16.7 Å². The minimum absolute atomic E-state index is 0.199. The van der Waals surface area contributed by atoms with Gasteiger partial charge in [0.25, 0.3) is 0 Å². The molecule has 0 radical (unpaired) electrons. The molecule has 6 heteroatoms. The molecular formula is C18H18ClNO4. The smallest absolute Gasteiger partial charge is 0.341 e. The molecule has 0 amide bonds. The Morgan fingerprint density at radius 3 is 2.62 bits per heavy atom. The number of hydrogen-bond donors (Lipinski definition) is 1. The number of methoxy groups -OCH3 is 1. The van der Waals surface area contributed by atoms with Crippen LogP contribution in [0.3, 0.4) is 0 Å². The predicted molar refractivity (Wildman–Crippen MR) is 94.3 cm³/mol. The molecule has 0 aliphatic carbocycles. The molecule has 0 spiro atoms. The third-order valence-electron chi connectivity index (χ3n) is 3.44. The van der Waals surface area contributed by atoms with E-state index in [-0.39, 0.29) is 10.8 Å². The van der Waals surface area contributed by atoms with Gasteiger partial charge in [0.05, 0.1) is 17.8 Å². The summed E-state index contributed by atoms with van der Waals surface area (Å²) in [7, 11) is 1.46. The van der Waals surface area contributed by atoms with Gasteiger partial charge in [-0.05, 0) is 54.8 Å². The summed E-state index contributed by atoms with van der Waals surface area (Å²) in [6, 6.07) is 9.27. The molecule has 0 heterocycles. The van der Waals surface area contributed by atoms with Crippen LogP contribution in [-0.4, -0.2) is 31.0 Å². The van der Waals surface area contributed by atoms with Crippen molar-refractivity contribution >= 4 is 29.5 Å². The molecule has 0 aromatic heterocycles. The van der Waals surface area contributed by atoms with Crippen molar-refractivity contribution < 1.29 is 19.4 Å². The molecular weight excluding hydrogens is 330 g/mol. The number of aryl methyl sites for hydroxylation is 2. The summed E-state index contributed by atoms with van der Waals surface area (Å²) in [5.41, 5.74) is 3.92. The number of carbonyl (C=O) groups is 1. The lowest BCUT2D eigenvalue weighted by molar-refractivity contribution is -0.139. The first-order valence-electron chi connectivity index (χ1n) is 7.24. The van der Waals surface area contributed by atoms with Crippen molar-refractivity contribution in [2.45, 2.75) is 13.8 Å². The van der Waals surface area contributed by atoms with E-state index in [1.807, 2.05) is 32.0 Å². The molecule has 24 heavy (non-hydrogen) atoms. The molecule has 2 rings (SSSR count). The molecule has 2 aromatic carbocycles. The number of rotatable bonds is 6. The van der Waals surface area contributed by atoms with Crippen molar-refractivity contribution in [3.05, 3.63) is 52.0 Å². The number of carboxylic acids is 1. The van der Waals surface area contributed by atoms with Gasteiger partial charge in [0.1, 0.15) is 0 Å². The second kappa shape index (κ2) is 7.84. The standard InChI is InChI=1S/C18H18ClNO4/c1-11-4-5-14(6-12(11)2)20-9-13-7-15(19)18(16(8-13)23-3)24-10-17(21)22/h4-9H,10H2,1-3H3,(H,21,22). The van der Waals surface area contributed by atoms with Gasteiger partial charge in [-0.1, -0.05) is 17.7 Å². The lowest BCUT2D eigenvalue weighted by Gasteiger charge is -2.11. The molecule has 0 saturated carbocycles. The van der Waals surface area contributed by atoms with Crippen molar-refractivity contribution in [1.29, 1.82) is 0 Å². The van der Waals surface area contributed by atoms with E-state index in [0.717, 1.165) is 16.8 Å². The Morgan fingerprint density at radius 1 is 1.25 bits per heavy atom. The Kier molecular flexibility index (Phi) is 5.82. The first-order valence-corrected chi connectivity index (χ1v) is 7.62. The highest BCUT2D eigenvalue weighted by molar-refractivity contribution is 6.32. The fraction of sp³-hybridized carbons (Fsp3) is 0.222. The Labute approximate surface area is 145 Å². The number of aliphatic imine (C=N–C) groups is 1. The van der Waals surface area contributed by atoms with Crippen molar-refractivity contribution in [3.63, 3.8) is 0 Å². The number of benzene rings is 2. The summed E-state index contributed by atoms with van der Waals surface area (Å²) in [5.74, 6) is -0.538. The average molecular weight is 348 g/mol. The number of carboxylic acid groups (broad SMARTS) is 1. The summed E-state index contributed by atoms with van der Waals surface area (Å²) in [6.07, 6.45) is 1.67. The highest BCUT2D eigenvalue weighted by atomic mass is 35.5. The first-order chi connectivity index (χ1) is 11.4. The quantitative estimate of drug-likeness (QED) is 0.796. The van der Waals surface area contributed by atoms with Gasteiger partial charge < -0.3 is 14.6 Å². The van der Waals surface area contributed by atoms with Gasteiger partial charge in [0, 0.05) is 6.21 Å². The molecule has 126 valence electrons. The summed E-state index contributed by atoms with van der Waals surface area (Å²) < 4.78 is 10.4. The minimum Gasteiger partial charge on any atom is -0.493 e. The fourth-order valence-corrected chi connectivity index (χ4v) is 2.32. The molecule has 0 aliphatic rings. The van der Waals surface area contributed by atoms with E-state index in [9.17, 15) is 4.79 Å². The zero-order chi connectivity index (χ0) is 17.7. The van der Waals surface area contributed by atoms with Crippen LogP contribution >= 0.6 is 11.6 Å². The molecule has 1 N–H and O–H groups in total. The first kappa shape index (κ1) is 17.8. The predicted octanol–water partition coefficient (Wildman–Crippen LogP) is 4.18.